The van der Waals surface area contributed by atoms with Crippen molar-refractivity contribution >= 4 is 21.7 Å². The molecule has 0 amide bonds. The Kier molecular flexibility index (Phi) is 2.66. The van der Waals surface area contributed by atoms with E-state index >= 15 is 0 Å². The molecule has 0 aliphatic heterocycles. The molecule has 4 rings (SSSR count). The average Bonchev–Trinajstić information content (AvgIpc) is 3.08. The molecule has 4 aromatic rings. The Labute approximate surface area is 127 Å². The summed E-state index contributed by atoms with van der Waals surface area (Å²) in [6.45, 7) is 0. The molecule has 22 heavy (non-hydrogen) atoms. The third-order valence-electron chi connectivity index (χ3n) is 4.16. The summed E-state index contributed by atoms with van der Waals surface area (Å²) in [5, 5.41) is 13.4. The maximum absolute atomic E-state index is 10.5. The normalized spacial score (nSPS) is 11.4. The van der Waals surface area contributed by atoms with Crippen LogP contribution in [0.1, 0.15) is 0 Å². The van der Waals surface area contributed by atoms with E-state index in [1.54, 1.807) is 11.7 Å². The first-order chi connectivity index (χ1) is 10.7. The lowest BCUT2D eigenvalue weighted by molar-refractivity contribution is 0.420. The highest BCUT2D eigenvalue weighted by Gasteiger charge is 2.13. The van der Waals surface area contributed by atoms with Crippen LogP contribution >= 0.6 is 0 Å². The molecule has 2 aromatic heterocycles. The molecule has 4 nitrogen and oxygen atoms in total. The van der Waals surface area contributed by atoms with Crippen LogP contribution in [0.2, 0.25) is 0 Å². The van der Waals surface area contributed by atoms with Crippen molar-refractivity contribution in [1.29, 1.82) is 0 Å². The van der Waals surface area contributed by atoms with E-state index in [0.29, 0.717) is 0 Å². The zero-order valence-corrected chi connectivity index (χ0v) is 12.4. The highest BCUT2D eigenvalue weighted by Crippen LogP contribution is 2.35. The largest absolute Gasteiger partial charge is 0.496 e. The van der Waals surface area contributed by atoms with Crippen LogP contribution in [0.25, 0.3) is 27.4 Å². The SMILES string of the molecule is COc1cccc2c(O)n(-c3ccc4c(ccn4C)c3)cc12. The predicted octanol–water partition coefficient (Wildman–Crippen LogP) is 3.84. The second kappa shape index (κ2) is 4.56. The van der Waals surface area contributed by atoms with Crippen LogP contribution in [0.4, 0.5) is 0 Å². The number of hydrogen-bond donors (Lipinski definition) is 1. The number of aromatic nitrogens is 2. The van der Waals surface area contributed by atoms with Crippen LogP contribution in [0.5, 0.6) is 11.6 Å². The van der Waals surface area contributed by atoms with Crippen LogP contribution < -0.4 is 4.74 Å². The van der Waals surface area contributed by atoms with Gasteiger partial charge >= 0.3 is 0 Å². The van der Waals surface area contributed by atoms with Gasteiger partial charge in [0.25, 0.3) is 0 Å². The lowest BCUT2D eigenvalue weighted by atomic mass is 10.2. The van der Waals surface area contributed by atoms with Crippen LogP contribution in [-0.4, -0.2) is 21.4 Å². The second-order valence-electron chi connectivity index (χ2n) is 5.41. The van der Waals surface area contributed by atoms with Gasteiger partial charge in [-0.3, -0.25) is 4.57 Å². The van der Waals surface area contributed by atoms with Gasteiger partial charge in [-0.15, -0.1) is 0 Å². The third kappa shape index (κ3) is 1.70. The van der Waals surface area contributed by atoms with Crippen molar-refractivity contribution in [2.24, 2.45) is 7.05 Å². The van der Waals surface area contributed by atoms with Gasteiger partial charge in [-0.1, -0.05) is 6.07 Å². The fourth-order valence-electron chi connectivity index (χ4n) is 2.99. The molecule has 0 saturated carbocycles. The lowest BCUT2D eigenvalue weighted by Crippen LogP contribution is -1.91. The standard InChI is InChI=1S/C18H16N2O2/c1-19-9-8-12-10-13(6-7-16(12)19)20-11-15-14(18(20)21)4-3-5-17(15)22-2/h3-11,21H,1-2H3. The Morgan fingerprint density at radius 1 is 1.05 bits per heavy atom. The summed E-state index contributed by atoms with van der Waals surface area (Å²) in [6, 6.07) is 13.9. The zero-order valence-electron chi connectivity index (χ0n) is 12.4. The van der Waals surface area contributed by atoms with Gasteiger partial charge in [-0.05, 0) is 36.4 Å². The number of ether oxygens (including phenoxy) is 1. The summed E-state index contributed by atoms with van der Waals surface area (Å²) < 4.78 is 9.25. The van der Waals surface area contributed by atoms with Crippen molar-refractivity contribution < 1.29 is 9.84 Å². The van der Waals surface area contributed by atoms with E-state index in [9.17, 15) is 5.11 Å². The number of aryl methyl sites for hydroxylation is 1. The number of benzene rings is 2. The molecule has 1 N–H and O–H groups in total. The minimum absolute atomic E-state index is 0.226. The first-order valence-corrected chi connectivity index (χ1v) is 7.11. The summed E-state index contributed by atoms with van der Waals surface area (Å²) in [5.74, 6) is 0.983. The molecule has 0 atom stereocenters. The zero-order chi connectivity index (χ0) is 15.3. The number of aromatic hydroxyl groups is 1. The molecule has 0 aliphatic rings. The van der Waals surface area contributed by atoms with Gasteiger partial charge in [0.05, 0.1) is 7.11 Å². The Morgan fingerprint density at radius 2 is 1.91 bits per heavy atom. The number of rotatable bonds is 2. The Bertz CT molecular complexity index is 995. The minimum atomic E-state index is 0.226. The van der Waals surface area contributed by atoms with E-state index in [-0.39, 0.29) is 5.88 Å². The summed E-state index contributed by atoms with van der Waals surface area (Å²) >= 11 is 0. The highest BCUT2D eigenvalue weighted by atomic mass is 16.5. The van der Waals surface area contributed by atoms with Crippen molar-refractivity contribution in [3.05, 3.63) is 54.9 Å². The minimum Gasteiger partial charge on any atom is -0.496 e. The molecule has 2 aromatic carbocycles. The number of fused-ring (bicyclic) bond motifs is 2. The molecular weight excluding hydrogens is 276 g/mol. The molecule has 0 unspecified atom stereocenters. The van der Waals surface area contributed by atoms with Crippen molar-refractivity contribution in [3.63, 3.8) is 0 Å². The first kappa shape index (κ1) is 12.8. The number of nitrogens with zero attached hydrogens (tertiary/aromatic N) is 2. The predicted molar refractivity (Wildman–Crippen MR) is 88.0 cm³/mol. The summed E-state index contributed by atoms with van der Waals surface area (Å²) in [4.78, 5) is 0. The van der Waals surface area contributed by atoms with Gasteiger partial charge in [0.1, 0.15) is 5.75 Å². The first-order valence-electron chi connectivity index (χ1n) is 7.11. The molecule has 0 fully saturated rings. The van der Waals surface area contributed by atoms with E-state index in [1.807, 2.05) is 43.7 Å². The molecule has 4 heteroatoms. The van der Waals surface area contributed by atoms with Gasteiger partial charge in [0.2, 0.25) is 5.88 Å². The van der Waals surface area contributed by atoms with E-state index in [0.717, 1.165) is 33.1 Å². The average molecular weight is 292 g/mol. The van der Waals surface area contributed by atoms with Crippen molar-refractivity contribution in [1.82, 2.24) is 9.13 Å². The van der Waals surface area contributed by atoms with Crippen LogP contribution in [0.3, 0.4) is 0 Å². The summed E-state index contributed by atoms with van der Waals surface area (Å²) in [5.41, 5.74) is 2.09. The molecule has 2 heterocycles. The van der Waals surface area contributed by atoms with Gasteiger partial charge in [-0.2, -0.15) is 0 Å². The molecule has 0 saturated heterocycles. The monoisotopic (exact) mass is 292 g/mol. The Morgan fingerprint density at radius 3 is 2.73 bits per heavy atom. The summed E-state index contributed by atoms with van der Waals surface area (Å²) in [6.07, 6.45) is 3.94. The topological polar surface area (TPSA) is 39.3 Å². The lowest BCUT2D eigenvalue weighted by Gasteiger charge is -2.05. The van der Waals surface area contributed by atoms with E-state index < -0.39 is 0 Å². The molecule has 0 bridgehead atoms. The molecular formula is C18H16N2O2. The van der Waals surface area contributed by atoms with Gasteiger partial charge < -0.3 is 14.4 Å². The van der Waals surface area contributed by atoms with Gasteiger partial charge in [-0.25, -0.2) is 0 Å². The van der Waals surface area contributed by atoms with Crippen molar-refractivity contribution in [2.75, 3.05) is 7.11 Å². The number of methoxy groups -OCH3 is 1. The number of hydrogen-bond acceptors (Lipinski definition) is 2. The fraction of sp³-hybridized carbons (Fsp3) is 0.111. The van der Waals surface area contributed by atoms with Crippen LogP contribution in [0, 0.1) is 0 Å². The Balaban J connectivity index is 1.97. The third-order valence-corrected chi connectivity index (χ3v) is 4.16. The van der Waals surface area contributed by atoms with Gasteiger partial charge in [0.15, 0.2) is 0 Å². The molecule has 0 spiro atoms. The molecule has 0 aliphatic carbocycles. The maximum atomic E-state index is 10.5. The van der Waals surface area contributed by atoms with Crippen molar-refractivity contribution in [3.8, 4) is 17.3 Å². The maximum Gasteiger partial charge on any atom is 0.203 e. The summed E-state index contributed by atoms with van der Waals surface area (Å²) in [7, 11) is 3.66. The highest BCUT2D eigenvalue weighted by molar-refractivity contribution is 5.94. The second-order valence-corrected chi connectivity index (χ2v) is 5.41. The van der Waals surface area contributed by atoms with E-state index in [4.69, 9.17) is 4.74 Å². The molecule has 110 valence electrons. The smallest absolute Gasteiger partial charge is 0.203 e. The van der Waals surface area contributed by atoms with E-state index in [1.165, 1.54) is 0 Å². The fourth-order valence-corrected chi connectivity index (χ4v) is 2.99. The van der Waals surface area contributed by atoms with Crippen molar-refractivity contribution in [2.45, 2.75) is 0 Å². The van der Waals surface area contributed by atoms with E-state index in [2.05, 4.69) is 22.8 Å². The Hall–Kier alpha value is -2.88. The van der Waals surface area contributed by atoms with Crippen LogP contribution in [-0.2, 0) is 7.05 Å². The van der Waals surface area contributed by atoms with Crippen LogP contribution in [0.15, 0.2) is 54.9 Å². The van der Waals surface area contributed by atoms with Gasteiger partial charge in [0, 0.05) is 46.8 Å². The quantitative estimate of drug-likeness (QED) is 0.610. The molecule has 0 radical (unpaired) electrons.